The van der Waals surface area contributed by atoms with Crippen LogP contribution in [0.1, 0.15) is 60.4 Å². The van der Waals surface area contributed by atoms with Crippen molar-refractivity contribution in [3.05, 3.63) is 64.2 Å². The maximum Gasteiger partial charge on any atom is 0.121 e. The highest BCUT2D eigenvalue weighted by atomic mass is 16.3. The van der Waals surface area contributed by atoms with E-state index in [1.165, 1.54) is 16.7 Å². The lowest BCUT2D eigenvalue weighted by Crippen LogP contribution is -2.01. The zero-order valence-corrected chi connectivity index (χ0v) is 13.8. The van der Waals surface area contributed by atoms with Gasteiger partial charge in [0.05, 0.1) is 0 Å². The van der Waals surface area contributed by atoms with Gasteiger partial charge in [-0.05, 0) is 59.9 Å². The van der Waals surface area contributed by atoms with Crippen LogP contribution in [0.2, 0.25) is 0 Å². The van der Waals surface area contributed by atoms with E-state index >= 15 is 0 Å². The molecule has 0 saturated heterocycles. The van der Waals surface area contributed by atoms with Crippen LogP contribution in [0.5, 0.6) is 5.75 Å². The molecule has 21 heavy (non-hydrogen) atoms. The normalized spacial score (nSPS) is 12.7. The summed E-state index contributed by atoms with van der Waals surface area (Å²) in [6.45, 7) is 10.7. The molecule has 1 atom stereocenters. The summed E-state index contributed by atoms with van der Waals surface area (Å²) in [6.07, 6.45) is 1.03. The van der Waals surface area contributed by atoms with Crippen molar-refractivity contribution in [1.29, 1.82) is 0 Å². The van der Waals surface area contributed by atoms with Gasteiger partial charge < -0.3 is 5.11 Å². The molecule has 0 bridgehead atoms. The quantitative estimate of drug-likeness (QED) is 0.787. The van der Waals surface area contributed by atoms with E-state index in [4.69, 9.17) is 0 Å². The molecule has 0 radical (unpaired) electrons. The summed E-state index contributed by atoms with van der Waals surface area (Å²) in [4.78, 5) is 0. The molecule has 0 spiro atoms. The van der Waals surface area contributed by atoms with Crippen LogP contribution in [0, 0.1) is 13.8 Å². The zero-order chi connectivity index (χ0) is 15.6. The Labute approximate surface area is 128 Å². The molecule has 0 aliphatic rings. The van der Waals surface area contributed by atoms with Gasteiger partial charge in [0.1, 0.15) is 5.75 Å². The molecule has 1 nitrogen and oxygen atoms in total. The number of aryl methyl sites for hydroxylation is 2. The summed E-state index contributed by atoms with van der Waals surface area (Å²) >= 11 is 0. The molecule has 2 aromatic carbocycles. The number of hydrogen-bond donors (Lipinski definition) is 1. The van der Waals surface area contributed by atoms with Crippen molar-refractivity contribution in [2.24, 2.45) is 0 Å². The predicted molar refractivity (Wildman–Crippen MR) is 90.2 cm³/mol. The monoisotopic (exact) mass is 282 g/mol. The smallest absolute Gasteiger partial charge is 0.121 e. The van der Waals surface area contributed by atoms with Crippen LogP contribution in [-0.4, -0.2) is 5.11 Å². The van der Waals surface area contributed by atoms with Crippen molar-refractivity contribution in [2.75, 3.05) is 0 Å². The molecule has 0 saturated carbocycles. The van der Waals surface area contributed by atoms with Crippen LogP contribution < -0.4 is 0 Å². The van der Waals surface area contributed by atoms with Gasteiger partial charge in [0.2, 0.25) is 0 Å². The van der Waals surface area contributed by atoms with E-state index in [9.17, 15) is 5.11 Å². The molecule has 2 rings (SSSR count). The second-order valence-corrected chi connectivity index (χ2v) is 6.51. The maximum absolute atomic E-state index is 9.90. The average molecular weight is 282 g/mol. The van der Waals surface area contributed by atoms with Gasteiger partial charge in [-0.15, -0.1) is 0 Å². The van der Waals surface area contributed by atoms with E-state index in [-0.39, 0.29) is 0 Å². The fourth-order valence-electron chi connectivity index (χ4n) is 2.82. The molecule has 0 heterocycles. The molecule has 1 heteroatoms. The fourth-order valence-corrected chi connectivity index (χ4v) is 2.82. The van der Waals surface area contributed by atoms with Crippen LogP contribution in [-0.2, 0) is 6.42 Å². The fraction of sp³-hybridized carbons (Fsp3) is 0.400. The lowest BCUT2D eigenvalue weighted by molar-refractivity contribution is 0.466. The minimum Gasteiger partial charge on any atom is -0.507 e. The van der Waals surface area contributed by atoms with Gasteiger partial charge in [0, 0.05) is 0 Å². The Morgan fingerprint density at radius 2 is 1.52 bits per heavy atom. The molecule has 0 aliphatic heterocycles. The molecule has 0 aliphatic carbocycles. The maximum atomic E-state index is 9.90. The molecule has 1 N–H and O–H groups in total. The highest BCUT2D eigenvalue weighted by Gasteiger charge is 2.11. The summed E-state index contributed by atoms with van der Waals surface area (Å²) < 4.78 is 0. The average Bonchev–Trinajstić information content (AvgIpc) is 2.44. The first-order valence-electron chi connectivity index (χ1n) is 7.77. The third kappa shape index (κ3) is 3.66. The Balaban J connectivity index is 2.22. The van der Waals surface area contributed by atoms with Gasteiger partial charge >= 0.3 is 0 Å². The molecule has 1 unspecified atom stereocenters. The summed E-state index contributed by atoms with van der Waals surface area (Å²) in [5.41, 5.74) is 6.02. The number of rotatable bonds is 4. The predicted octanol–water partition coefficient (Wildman–Crippen LogP) is 5.48. The van der Waals surface area contributed by atoms with Crippen molar-refractivity contribution < 1.29 is 5.11 Å². The standard InChI is InChI=1S/C20H26O/c1-13(2)18-8-6-7-17(12-18)9-14(3)19-10-15(4)20(21)16(5)11-19/h6-8,10-14,21H,9H2,1-5H3. The van der Waals surface area contributed by atoms with Crippen molar-refractivity contribution >= 4 is 0 Å². The number of hydrogen-bond acceptors (Lipinski definition) is 1. The van der Waals surface area contributed by atoms with Crippen molar-refractivity contribution in [2.45, 2.75) is 52.9 Å². The highest BCUT2D eigenvalue weighted by molar-refractivity contribution is 5.43. The first-order chi connectivity index (χ1) is 9.88. The summed E-state index contributed by atoms with van der Waals surface area (Å²) in [7, 11) is 0. The van der Waals surface area contributed by atoms with E-state index in [1.807, 2.05) is 13.8 Å². The van der Waals surface area contributed by atoms with Crippen molar-refractivity contribution in [1.82, 2.24) is 0 Å². The van der Waals surface area contributed by atoms with E-state index in [0.29, 0.717) is 17.6 Å². The lowest BCUT2D eigenvalue weighted by Gasteiger charge is -2.16. The highest BCUT2D eigenvalue weighted by Crippen LogP contribution is 2.29. The van der Waals surface area contributed by atoms with Gasteiger partial charge in [-0.25, -0.2) is 0 Å². The molecule has 0 aromatic heterocycles. The van der Waals surface area contributed by atoms with E-state index < -0.39 is 0 Å². The molecular weight excluding hydrogens is 256 g/mol. The summed E-state index contributed by atoms with van der Waals surface area (Å²) in [6, 6.07) is 13.1. The molecule has 2 aromatic rings. The van der Waals surface area contributed by atoms with Crippen LogP contribution in [0.4, 0.5) is 0 Å². The minimum atomic E-state index is 0.424. The Kier molecular flexibility index (Phi) is 4.72. The minimum absolute atomic E-state index is 0.424. The number of phenolic OH excluding ortho intramolecular Hbond substituents is 1. The second-order valence-electron chi connectivity index (χ2n) is 6.51. The Morgan fingerprint density at radius 1 is 0.905 bits per heavy atom. The van der Waals surface area contributed by atoms with Crippen LogP contribution in [0.3, 0.4) is 0 Å². The molecular formula is C20H26O. The van der Waals surface area contributed by atoms with Gasteiger partial charge in [-0.2, -0.15) is 0 Å². The van der Waals surface area contributed by atoms with Gasteiger partial charge in [-0.1, -0.05) is 57.2 Å². The van der Waals surface area contributed by atoms with E-state index in [0.717, 1.165) is 17.5 Å². The first kappa shape index (κ1) is 15.6. The molecule has 0 amide bonds. The van der Waals surface area contributed by atoms with E-state index in [2.05, 4.69) is 57.2 Å². The van der Waals surface area contributed by atoms with Gasteiger partial charge in [0.15, 0.2) is 0 Å². The third-order valence-corrected chi connectivity index (χ3v) is 4.24. The Bertz CT molecular complexity index is 602. The van der Waals surface area contributed by atoms with Crippen LogP contribution in [0.15, 0.2) is 36.4 Å². The van der Waals surface area contributed by atoms with E-state index in [1.54, 1.807) is 0 Å². The van der Waals surface area contributed by atoms with Crippen LogP contribution >= 0.6 is 0 Å². The second kappa shape index (κ2) is 6.34. The first-order valence-corrected chi connectivity index (χ1v) is 7.77. The topological polar surface area (TPSA) is 20.2 Å². The largest absolute Gasteiger partial charge is 0.507 e. The Hall–Kier alpha value is -1.76. The van der Waals surface area contributed by atoms with Crippen molar-refractivity contribution in [3.8, 4) is 5.75 Å². The third-order valence-electron chi connectivity index (χ3n) is 4.24. The molecule has 112 valence electrons. The Morgan fingerprint density at radius 3 is 2.10 bits per heavy atom. The lowest BCUT2D eigenvalue weighted by atomic mass is 9.90. The molecule has 0 fully saturated rings. The zero-order valence-electron chi connectivity index (χ0n) is 13.8. The van der Waals surface area contributed by atoms with Gasteiger partial charge in [0.25, 0.3) is 0 Å². The van der Waals surface area contributed by atoms with Crippen molar-refractivity contribution in [3.63, 3.8) is 0 Å². The summed E-state index contributed by atoms with van der Waals surface area (Å²) in [5, 5.41) is 9.90. The SMILES string of the molecule is Cc1cc(C(C)Cc2cccc(C(C)C)c2)cc(C)c1O. The van der Waals surface area contributed by atoms with Crippen LogP contribution in [0.25, 0.3) is 0 Å². The number of aromatic hydroxyl groups is 1. The van der Waals surface area contributed by atoms with Gasteiger partial charge in [-0.3, -0.25) is 0 Å². The number of benzene rings is 2. The number of phenols is 1. The summed E-state index contributed by atoms with van der Waals surface area (Å²) in [5.74, 6) is 1.44.